The molecular formula is C12H16N2O4. The second kappa shape index (κ2) is 6.58. The molecule has 0 heterocycles. The number of unbranched alkanes of at least 4 members (excludes halogenated alkanes) is 1. The molecule has 1 rings (SSSR count). The van der Waals surface area contributed by atoms with Gasteiger partial charge in [0.15, 0.2) is 0 Å². The summed E-state index contributed by atoms with van der Waals surface area (Å²) in [6.07, 6.45) is 1.31. The first-order valence-electron chi connectivity index (χ1n) is 5.71. The third-order valence-electron chi connectivity index (χ3n) is 2.45. The maximum absolute atomic E-state index is 11.6. The molecule has 0 fully saturated rings. The van der Waals surface area contributed by atoms with Gasteiger partial charge in [0.2, 0.25) is 0 Å². The zero-order valence-corrected chi connectivity index (χ0v) is 10.5. The van der Waals surface area contributed by atoms with Crippen LogP contribution in [0.5, 0.6) is 0 Å². The average Bonchev–Trinajstić information content (AvgIpc) is 2.38. The molecule has 0 N–H and O–H groups in total. The number of benzene rings is 1. The molecule has 0 atom stereocenters. The van der Waals surface area contributed by atoms with Crippen LogP contribution in [0.25, 0.3) is 0 Å². The summed E-state index contributed by atoms with van der Waals surface area (Å²) in [5.41, 5.74) is 0.550. The Bertz CT molecular complexity index is 417. The smallest absolute Gasteiger partial charge is 0.414 e. The number of ether oxygens (including phenoxy) is 1. The van der Waals surface area contributed by atoms with Crippen LogP contribution in [0.2, 0.25) is 0 Å². The number of hydrogen-bond acceptors (Lipinski definition) is 4. The predicted molar refractivity (Wildman–Crippen MR) is 67.8 cm³/mol. The van der Waals surface area contributed by atoms with Crippen LogP contribution in [0.15, 0.2) is 24.3 Å². The van der Waals surface area contributed by atoms with Gasteiger partial charge in [-0.05, 0) is 18.6 Å². The number of hydrogen-bond donors (Lipinski definition) is 0. The maximum atomic E-state index is 11.6. The molecule has 1 amide bonds. The minimum Gasteiger partial charge on any atom is -0.449 e. The topological polar surface area (TPSA) is 72.7 Å². The van der Waals surface area contributed by atoms with E-state index in [1.807, 2.05) is 6.92 Å². The lowest BCUT2D eigenvalue weighted by atomic mass is 10.3. The van der Waals surface area contributed by atoms with Crippen molar-refractivity contribution in [2.45, 2.75) is 19.8 Å². The van der Waals surface area contributed by atoms with Crippen molar-refractivity contribution in [2.24, 2.45) is 0 Å². The van der Waals surface area contributed by atoms with Crippen LogP contribution in [-0.4, -0.2) is 24.7 Å². The molecule has 0 saturated heterocycles. The Morgan fingerprint density at radius 1 is 1.39 bits per heavy atom. The van der Waals surface area contributed by atoms with E-state index >= 15 is 0 Å². The fraction of sp³-hybridized carbons (Fsp3) is 0.417. The number of nitro benzene ring substituents is 1. The molecule has 0 unspecified atom stereocenters. The van der Waals surface area contributed by atoms with Gasteiger partial charge in [-0.2, -0.15) is 0 Å². The molecule has 6 heteroatoms. The third-order valence-corrected chi connectivity index (χ3v) is 2.45. The van der Waals surface area contributed by atoms with Gasteiger partial charge in [0.1, 0.15) is 0 Å². The fourth-order valence-corrected chi connectivity index (χ4v) is 1.30. The van der Waals surface area contributed by atoms with E-state index in [0.717, 1.165) is 12.8 Å². The van der Waals surface area contributed by atoms with E-state index in [4.69, 9.17) is 4.74 Å². The van der Waals surface area contributed by atoms with Gasteiger partial charge in [-0.1, -0.05) is 13.3 Å². The second-order valence-corrected chi connectivity index (χ2v) is 3.80. The lowest BCUT2D eigenvalue weighted by Crippen LogP contribution is -2.27. The quantitative estimate of drug-likeness (QED) is 0.458. The summed E-state index contributed by atoms with van der Waals surface area (Å²) >= 11 is 0. The minimum absolute atomic E-state index is 0.00787. The van der Waals surface area contributed by atoms with Crippen molar-refractivity contribution in [1.29, 1.82) is 0 Å². The summed E-state index contributed by atoms with van der Waals surface area (Å²) in [6, 6.07) is 5.73. The number of carbonyl (C=O) groups excluding carboxylic acids is 1. The van der Waals surface area contributed by atoms with Gasteiger partial charge >= 0.3 is 6.09 Å². The van der Waals surface area contributed by atoms with Gasteiger partial charge in [-0.3, -0.25) is 15.0 Å². The Balaban J connectivity index is 2.63. The van der Waals surface area contributed by atoms with E-state index in [1.165, 1.54) is 29.2 Å². The first-order chi connectivity index (χ1) is 8.56. The predicted octanol–water partition coefficient (Wildman–Crippen LogP) is 2.97. The molecule has 6 nitrogen and oxygen atoms in total. The van der Waals surface area contributed by atoms with Gasteiger partial charge in [0.25, 0.3) is 5.69 Å². The molecule has 0 aromatic heterocycles. The van der Waals surface area contributed by atoms with Gasteiger partial charge in [0.05, 0.1) is 11.5 Å². The zero-order chi connectivity index (χ0) is 13.5. The summed E-state index contributed by atoms with van der Waals surface area (Å²) in [7, 11) is 1.56. The van der Waals surface area contributed by atoms with Crippen molar-refractivity contribution in [1.82, 2.24) is 0 Å². The Morgan fingerprint density at radius 3 is 2.50 bits per heavy atom. The fourth-order valence-electron chi connectivity index (χ4n) is 1.30. The number of anilines is 1. The number of rotatable bonds is 5. The van der Waals surface area contributed by atoms with E-state index in [-0.39, 0.29) is 5.69 Å². The van der Waals surface area contributed by atoms with E-state index < -0.39 is 11.0 Å². The highest BCUT2D eigenvalue weighted by atomic mass is 16.6. The number of non-ortho nitro benzene ring substituents is 1. The molecule has 18 heavy (non-hydrogen) atoms. The largest absolute Gasteiger partial charge is 0.449 e. The molecule has 0 aliphatic carbocycles. The van der Waals surface area contributed by atoms with E-state index in [0.29, 0.717) is 12.3 Å². The monoisotopic (exact) mass is 252 g/mol. The highest BCUT2D eigenvalue weighted by molar-refractivity contribution is 5.87. The molecule has 0 bridgehead atoms. The number of nitro groups is 1. The summed E-state index contributed by atoms with van der Waals surface area (Å²) < 4.78 is 5.03. The second-order valence-electron chi connectivity index (χ2n) is 3.80. The van der Waals surface area contributed by atoms with Crippen molar-refractivity contribution < 1.29 is 14.5 Å². The highest BCUT2D eigenvalue weighted by Gasteiger charge is 2.13. The standard InChI is InChI=1S/C12H16N2O4/c1-3-4-9-18-12(15)13(2)10-5-7-11(8-6-10)14(16)17/h5-8H,3-4,9H2,1-2H3. The molecule has 0 spiro atoms. The van der Waals surface area contributed by atoms with E-state index in [2.05, 4.69) is 0 Å². The molecule has 0 aliphatic heterocycles. The molecular weight excluding hydrogens is 236 g/mol. The Morgan fingerprint density at radius 2 is 2.00 bits per heavy atom. The molecule has 0 aliphatic rings. The highest BCUT2D eigenvalue weighted by Crippen LogP contribution is 2.18. The molecule has 1 aromatic rings. The van der Waals surface area contributed by atoms with Crippen LogP contribution in [0.1, 0.15) is 19.8 Å². The van der Waals surface area contributed by atoms with Gasteiger partial charge < -0.3 is 4.74 Å². The van der Waals surface area contributed by atoms with Gasteiger partial charge in [-0.15, -0.1) is 0 Å². The maximum Gasteiger partial charge on any atom is 0.414 e. The van der Waals surface area contributed by atoms with Crippen LogP contribution in [0.4, 0.5) is 16.2 Å². The van der Waals surface area contributed by atoms with Crippen LogP contribution >= 0.6 is 0 Å². The average molecular weight is 252 g/mol. The number of amides is 1. The van der Waals surface area contributed by atoms with Crippen LogP contribution in [0, 0.1) is 10.1 Å². The Kier molecular flexibility index (Phi) is 5.10. The Labute approximate surface area is 105 Å². The zero-order valence-electron chi connectivity index (χ0n) is 10.5. The summed E-state index contributed by atoms with van der Waals surface area (Å²) in [5, 5.41) is 10.5. The van der Waals surface area contributed by atoms with Crippen LogP contribution in [0.3, 0.4) is 0 Å². The molecule has 0 saturated carbocycles. The summed E-state index contributed by atoms with van der Waals surface area (Å²) in [5.74, 6) is 0. The summed E-state index contributed by atoms with van der Waals surface area (Å²) in [6.45, 7) is 2.39. The SMILES string of the molecule is CCCCOC(=O)N(C)c1ccc([N+](=O)[O-])cc1. The van der Waals surface area contributed by atoms with Gasteiger partial charge in [0, 0.05) is 24.9 Å². The van der Waals surface area contributed by atoms with Gasteiger partial charge in [-0.25, -0.2) is 4.79 Å². The molecule has 98 valence electrons. The molecule has 1 aromatic carbocycles. The third kappa shape index (κ3) is 3.73. The lowest BCUT2D eigenvalue weighted by molar-refractivity contribution is -0.384. The first-order valence-corrected chi connectivity index (χ1v) is 5.71. The number of nitrogens with zero attached hydrogens (tertiary/aromatic N) is 2. The van der Waals surface area contributed by atoms with Crippen LogP contribution < -0.4 is 4.90 Å². The minimum atomic E-state index is -0.483. The van der Waals surface area contributed by atoms with Crippen molar-refractivity contribution in [3.05, 3.63) is 34.4 Å². The van der Waals surface area contributed by atoms with E-state index in [9.17, 15) is 14.9 Å². The van der Waals surface area contributed by atoms with Crippen molar-refractivity contribution in [3.63, 3.8) is 0 Å². The summed E-state index contributed by atoms with van der Waals surface area (Å²) in [4.78, 5) is 22.9. The van der Waals surface area contributed by atoms with Crippen LogP contribution in [-0.2, 0) is 4.74 Å². The lowest BCUT2D eigenvalue weighted by Gasteiger charge is -2.16. The van der Waals surface area contributed by atoms with Crippen molar-refractivity contribution in [3.8, 4) is 0 Å². The van der Waals surface area contributed by atoms with Crippen molar-refractivity contribution in [2.75, 3.05) is 18.6 Å². The van der Waals surface area contributed by atoms with E-state index in [1.54, 1.807) is 7.05 Å². The molecule has 0 radical (unpaired) electrons. The number of carbonyl (C=O) groups is 1. The van der Waals surface area contributed by atoms with Crippen molar-refractivity contribution >= 4 is 17.5 Å². The normalized spacial score (nSPS) is 9.89. The first kappa shape index (κ1) is 14.0. The Hall–Kier alpha value is -2.11.